The average molecular weight is 507 g/mol. The van der Waals surface area contributed by atoms with Gasteiger partial charge in [0.05, 0.1) is 11.6 Å². The van der Waals surface area contributed by atoms with E-state index in [1.54, 1.807) is 48.8 Å². The maximum atomic E-state index is 13.3. The maximum Gasteiger partial charge on any atom is 0.295 e. The number of nitrogens with zero attached hydrogens (tertiary/aromatic N) is 2. The Labute approximate surface area is 220 Å². The third-order valence-corrected chi connectivity index (χ3v) is 6.51. The molecule has 7 heteroatoms. The molecule has 0 aliphatic carbocycles. The third-order valence-electron chi connectivity index (χ3n) is 6.51. The Morgan fingerprint density at radius 2 is 1.68 bits per heavy atom. The number of ether oxygens (including phenoxy) is 1. The van der Waals surface area contributed by atoms with Crippen molar-refractivity contribution in [3.8, 4) is 11.5 Å². The van der Waals surface area contributed by atoms with Gasteiger partial charge in [0.2, 0.25) is 0 Å². The van der Waals surface area contributed by atoms with Gasteiger partial charge in [0.25, 0.3) is 11.7 Å². The van der Waals surface area contributed by atoms with E-state index < -0.39 is 17.7 Å². The normalized spacial score (nSPS) is 16.6. The Balaban J connectivity index is 1.51. The van der Waals surface area contributed by atoms with Crippen LogP contribution in [-0.4, -0.2) is 31.8 Å². The molecule has 2 heterocycles. The fraction of sp³-hybridized carbons (Fsp3) is 0.129. The number of aromatic nitrogens is 1. The van der Waals surface area contributed by atoms with E-state index in [4.69, 9.17) is 4.74 Å². The molecule has 1 fully saturated rings. The fourth-order valence-corrected chi connectivity index (χ4v) is 4.58. The lowest BCUT2D eigenvalue weighted by atomic mass is 9.94. The molecule has 5 rings (SSSR count). The number of aromatic hydroxyl groups is 1. The number of rotatable bonds is 7. The van der Waals surface area contributed by atoms with Gasteiger partial charge in [-0.15, -0.1) is 0 Å². The zero-order valence-electron chi connectivity index (χ0n) is 20.7. The largest absolute Gasteiger partial charge is 0.508 e. The topological polar surface area (TPSA) is 100.0 Å². The molecule has 38 heavy (non-hydrogen) atoms. The molecule has 1 aromatic heterocycles. The van der Waals surface area contributed by atoms with Crippen molar-refractivity contribution in [3.63, 3.8) is 0 Å². The second-order valence-electron chi connectivity index (χ2n) is 9.13. The van der Waals surface area contributed by atoms with Gasteiger partial charge in [-0.05, 0) is 65.6 Å². The number of carbonyl (C=O) groups is 2. The molecular formula is C31H26N2O5. The van der Waals surface area contributed by atoms with Crippen LogP contribution in [0.1, 0.15) is 33.9 Å². The summed E-state index contributed by atoms with van der Waals surface area (Å²) < 4.78 is 5.95. The highest BCUT2D eigenvalue weighted by Gasteiger charge is 2.46. The first kappa shape index (κ1) is 24.8. The lowest BCUT2D eigenvalue weighted by Gasteiger charge is -2.25. The van der Waals surface area contributed by atoms with E-state index in [1.165, 1.54) is 17.0 Å². The van der Waals surface area contributed by atoms with Gasteiger partial charge < -0.3 is 19.8 Å². The van der Waals surface area contributed by atoms with Crippen LogP contribution in [0.25, 0.3) is 5.76 Å². The molecule has 190 valence electrons. The Kier molecular flexibility index (Phi) is 6.91. The Morgan fingerprint density at radius 3 is 2.37 bits per heavy atom. The van der Waals surface area contributed by atoms with Gasteiger partial charge in [0.1, 0.15) is 23.9 Å². The van der Waals surface area contributed by atoms with Crippen molar-refractivity contribution < 1.29 is 24.5 Å². The number of aryl methyl sites for hydroxylation is 1. The van der Waals surface area contributed by atoms with Crippen molar-refractivity contribution in [3.05, 3.63) is 131 Å². The number of pyridine rings is 1. The Hall–Kier alpha value is -4.91. The quantitative estimate of drug-likeness (QED) is 0.201. The van der Waals surface area contributed by atoms with E-state index in [-0.39, 0.29) is 23.6 Å². The van der Waals surface area contributed by atoms with Crippen molar-refractivity contribution in [2.24, 2.45) is 0 Å². The molecule has 0 bridgehead atoms. The van der Waals surface area contributed by atoms with E-state index >= 15 is 0 Å². The molecule has 0 saturated carbocycles. The summed E-state index contributed by atoms with van der Waals surface area (Å²) in [5, 5.41) is 21.2. The van der Waals surface area contributed by atoms with Crippen LogP contribution in [0.15, 0.2) is 103 Å². The zero-order chi connectivity index (χ0) is 26.6. The summed E-state index contributed by atoms with van der Waals surface area (Å²) >= 11 is 0. The van der Waals surface area contributed by atoms with Crippen molar-refractivity contribution in [2.45, 2.75) is 26.1 Å². The van der Waals surface area contributed by atoms with E-state index in [0.717, 1.165) is 16.7 Å². The number of hydrogen-bond acceptors (Lipinski definition) is 6. The van der Waals surface area contributed by atoms with Crippen molar-refractivity contribution in [1.29, 1.82) is 0 Å². The Bertz CT molecular complexity index is 1500. The van der Waals surface area contributed by atoms with Gasteiger partial charge in [-0.1, -0.05) is 48.5 Å². The molecule has 1 aliphatic rings. The number of benzene rings is 3. The first-order chi connectivity index (χ1) is 18.4. The average Bonchev–Trinajstić information content (AvgIpc) is 3.18. The monoisotopic (exact) mass is 506 g/mol. The van der Waals surface area contributed by atoms with E-state index in [0.29, 0.717) is 23.5 Å². The number of carbonyl (C=O) groups excluding carboxylic acids is 2. The summed E-state index contributed by atoms with van der Waals surface area (Å²) in [4.78, 5) is 32.0. The van der Waals surface area contributed by atoms with Crippen molar-refractivity contribution >= 4 is 17.4 Å². The van der Waals surface area contributed by atoms with Crippen LogP contribution in [0.2, 0.25) is 0 Å². The van der Waals surface area contributed by atoms with Crippen LogP contribution < -0.4 is 4.74 Å². The second-order valence-corrected chi connectivity index (χ2v) is 9.13. The molecule has 7 nitrogen and oxygen atoms in total. The number of aliphatic hydroxyl groups is 1. The van der Waals surface area contributed by atoms with Gasteiger partial charge in [0, 0.05) is 24.5 Å². The van der Waals surface area contributed by atoms with Crippen LogP contribution in [0.5, 0.6) is 11.5 Å². The second kappa shape index (κ2) is 10.6. The minimum Gasteiger partial charge on any atom is -0.508 e. The molecule has 0 radical (unpaired) electrons. The highest BCUT2D eigenvalue weighted by atomic mass is 16.5. The van der Waals surface area contributed by atoms with Gasteiger partial charge in [-0.25, -0.2) is 0 Å². The van der Waals surface area contributed by atoms with Gasteiger partial charge in [0.15, 0.2) is 0 Å². The van der Waals surface area contributed by atoms with Crippen LogP contribution in [0.4, 0.5) is 0 Å². The van der Waals surface area contributed by atoms with Gasteiger partial charge in [-0.3, -0.25) is 14.6 Å². The molecule has 4 aromatic rings. The van der Waals surface area contributed by atoms with Crippen molar-refractivity contribution in [2.75, 3.05) is 0 Å². The molecule has 0 unspecified atom stereocenters. The predicted octanol–water partition coefficient (Wildman–Crippen LogP) is 5.30. The summed E-state index contributed by atoms with van der Waals surface area (Å²) in [6, 6.07) is 23.9. The summed E-state index contributed by atoms with van der Waals surface area (Å²) in [5.41, 5.74) is 3.53. The number of Topliss-reactive ketones (excluding diaryl/α,β-unsaturated/α-hetero) is 1. The molecule has 1 aliphatic heterocycles. The van der Waals surface area contributed by atoms with Crippen LogP contribution in [0, 0.1) is 6.92 Å². The molecule has 1 atom stereocenters. The van der Waals surface area contributed by atoms with Crippen LogP contribution >= 0.6 is 0 Å². The molecule has 0 spiro atoms. The SMILES string of the molecule is Cc1cc(/C(O)=C2\C(=O)C(=O)N(Cc3cccnc3)[C@@H]2c2ccc(O)cc2)ccc1OCc1ccccc1. The number of amides is 1. The highest BCUT2D eigenvalue weighted by Crippen LogP contribution is 2.41. The van der Waals surface area contributed by atoms with Gasteiger partial charge >= 0.3 is 0 Å². The third kappa shape index (κ3) is 4.99. The Morgan fingerprint density at radius 1 is 0.947 bits per heavy atom. The summed E-state index contributed by atoms with van der Waals surface area (Å²) in [5.74, 6) is -1.05. The van der Waals surface area contributed by atoms with Gasteiger partial charge in [-0.2, -0.15) is 0 Å². The minimum atomic E-state index is -0.842. The van der Waals surface area contributed by atoms with Crippen LogP contribution in [-0.2, 0) is 22.7 Å². The maximum absolute atomic E-state index is 13.3. The molecule has 2 N–H and O–H groups in total. The van der Waals surface area contributed by atoms with E-state index in [1.807, 2.05) is 43.3 Å². The number of ketones is 1. The first-order valence-corrected chi connectivity index (χ1v) is 12.2. The minimum absolute atomic E-state index is 0.0121. The lowest BCUT2D eigenvalue weighted by Crippen LogP contribution is -2.29. The molecule has 1 amide bonds. The highest BCUT2D eigenvalue weighted by molar-refractivity contribution is 6.46. The molecule has 1 saturated heterocycles. The predicted molar refractivity (Wildman–Crippen MR) is 142 cm³/mol. The zero-order valence-corrected chi connectivity index (χ0v) is 20.7. The van der Waals surface area contributed by atoms with Crippen molar-refractivity contribution in [1.82, 2.24) is 9.88 Å². The number of phenolic OH excluding ortho intramolecular Hbond substituents is 1. The number of aliphatic hydroxyl groups excluding tert-OH is 1. The number of likely N-dealkylation sites (tertiary alicyclic amines) is 1. The number of hydrogen-bond donors (Lipinski definition) is 2. The summed E-state index contributed by atoms with van der Waals surface area (Å²) in [6.45, 7) is 2.38. The van der Waals surface area contributed by atoms with Crippen LogP contribution in [0.3, 0.4) is 0 Å². The number of phenols is 1. The van der Waals surface area contributed by atoms with E-state index in [2.05, 4.69) is 4.98 Å². The summed E-state index contributed by atoms with van der Waals surface area (Å²) in [7, 11) is 0. The smallest absolute Gasteiger partial charge is 0.295 e. The standard InChI is InChI=1S/C31H26N2O5/c1-20-16-24(11-14-26(20)38-19-21-6-3-2-4-7-21)29(35)27-28(23-9-12-25(34)13-10-23)33(31(37)30(27)36)18-22-8-5-15-32-17-22/h2-17,28,34-35H,18-19H2,1H3/b29-27+/t28-/m1/s1. The molecular weight excluding hydrogens is 480 g/mol. The fourth-order valence-electron chi connectivity index (χ4n) is 4.58. The first-order valence-electron chi connectivity index (χ1n) is 12.2. The lowest BCUT2D eigenvalue weighted by molar-refractivity contribution is -0.140. The summed E-state index contributed by atoms with van der Waals surface area (Å²) in [6.07, 6.45) is 3.26. The van der Waals surface area contributed by atoms with E-state index in [9.17, 15) is 19.8 Å². The molecule has 3 aromatic carbocycles.